The fourth-order valence-corrected chi connectivity index (χ4v) is 2.38. The van der Waals surface area contributed by atoms with Crippen LogP contribution in [0.1, 0.15) is 11.3 Å². The number of carbonyl (C=O) groups is 2. The van der Waals surface area contributed by atoms with Crippen LogP contribution in [0.15, 0.2) is 34.9 Å². The Kier molecular flexibility index (Phi) is 6.00. The third-order valence-corrected chi connectivity index (χ3v) is 3.70. The molecule has 1 heterocycles. The second-order valence-electron chi connectivity index (χ2n) is 5.03. The molecule has 126 valence electrons. The molecule has 0 spiro atoms. The molecule has 0 aliphatic heterocycles. The largest absolute Gasteiger partial charge is 0.360 e. The van der Waals surface area contributed by atoms with E-state index in [1.165, 1.54) is 24.1 Å². The third-order valence-electron chi connectivity index (χ3n) is 3.04. The first-order valence-electron chi connectivity index (χ1n) is 6.97. The number of carbonyl (C=O) groups excluding carboxylic acids is 2. The lowest BCUT2D eigenvalue weighted by Gasteiger charge is -2.14. The lowest BCUT2D eigenvalue weighted by atomic mass is 10.2. The highest BCUT2D eigenvalue weighted by Crippen LogP contribution is 2.25. The monoisotopic (exact) mass is 367 g/mol. The molecule has 1 aromatic heterocycles. The van der Waals surface area contributed by atoms with Crippen LogP contribution in [0.25, 0.3) is 6.08 Å². The Labute approximate surface area is 149 Å². The van der Waals surface area contributed by atoms with Gasteiger partial charge in [-0.25, -0.2) is 0 Å². The van der Waals surface area contributed by atoms with E-state index in [2.05, 4.69) is 10.5 Å². The number of amides is 2. The molecular weight excluding hydrogens is 353 g/mol. The fourth-order valence-electron chi connectivity index (χ4n) is 1.85. The Balaban J connectivity index is 1.94. The second-order valence-corrected chi connectivity index (χ2v) is 5.85. The summed E-state index contributed by atoms with van der Waals surface area (Å²) in [7, 11) is 1.51. The van der Waals surface area contributed by atoms with Crippen molar-refractivity contribution >= 4 is 46.9 Å². The molecule has 0 saturated carbocycles. The van der Waals surface area contributed by atoms with Gasteiger partial charge in [-0.1, -0.05) is 34.4 Å². The number of halogens is 2. The van der Waals surface area contributed by atoms with Crippen LogP contribution in [0.4, 0.5) is 5.82 Å². The van der Waals surface area contributed by atoms with Gasteiger partial charge in [0.15, 0.2) is 5.82 Å². The number of aryl methyl sites for hydroxylation is 1. The normalized spacial score (nSPS) is 10.8. The van der Waals surface area contributed by atoms with Crippen LogP contribution in [0.3, 0.4) is 0 Å². The van der Waals surface area contributed by atoms with E-state index in [1.54, 1.807) is 31.2 Å². The van der Waals surface area contributed by atoms with E-state index in [4.69, 9.17) is 27.7 Å². The van der Waals surface area contributed by atoms with E-state index in [0.717, 1.165) is 0 Å². The Morgan fingerprint density at radius 3 is 2.58 bits per heavy atom. The summed E-state index contributed by atoms with van der Waals surface area (Å²) in [6.45, 7) is 1.58. The number of likely N-dealkylation sites (N-methyl/N-ethyl adjacent to an activating group) is 1. The summed E-state index contributed by atoms with van der Waals surface area (Å²) in [4.78, 5) is 25.2. The van der Waals surface area contributed by atoms with Gasteiger partial charge in [-0.3, -0.25) is 9.59 Å². The van der Waals surface area contributed by atoms with E-state index < -0.39 is 0 Å². The summed E-state index contributed by atoms with van der Waals surface area (Å²) in [6, 6.07) is 6.65. The number of hydrogen-bond acceptors (Lipinski definition) is 4. The molecule has 0 saturated heterocycles. The van der Waals surface area contributed by atoms with Gasteiger partial charge in [-0.2, -0.15) is 0 Å². The third kappa shape index (κ3) is 4.84. The van der Waals surface area contributed by atoms with E-state index in [-0.39, 0.29) is 18.4 Å². The number of anilines is 1. The minimum atomic E-state index is -0.386. The maximum Gasteiger partial charge on any atom is 0.246 e. The lowest BCUT2D eigenvalue weighted by molar-refractivity contribution is -0.129. The smallest absolute Gasteiger partial charge is 0.246 e. The van der Waals surface area contributed by atoms with Crippen molar-refractivity contribution in [2.75, 3.05) is 18.9 Å². The predicted octanol–water partition coefficient (Wildman–Crippen LogP) is 3.40. The topological polar surface area (TPSA) is 75.4 Å². The van der Waals surface area contributed by atoms with Gasteiger partial charge in [0.1, 0.15) is 5.76 Å². The van der Waals surface area contributed by atoms with Crippen molar-refractivity contribution in [3.63, 3.8) is 0 Å². The van der Waals surface area contributed by atoms with Crippen LogP contribution in [-0.4, -0.2) is 35.5 Å². The Hall–Kier alpha value is -2.31. The number of hydrogen-bond donors (Lipinski definition) is 1. The number of aromatic nitrogens is 1. The first-order chi connectivity index (χ1) is 11.4. The van der Waals surface area contributed by atoms with E-state index in [0.29, 0.717) is 27.2 Å². The predicted molar refractivity (Wildman–Crippen MR) is 93.0 cm³/mol. The zero-order chi connectivity index (χ0) is 17.7. The molecule has 1 N–H and O–H groups in total. The molecule has 0 fully saturated rings. The first kappa shape index (κ1) is 18.0. The molecule has 8 heteroatoms. The average Bonchev–Trinajstić information content (AvgIpc) is 2.91. The SMILES string of the molecule is Cc1cc(NC(=O)CN(C)C(=O)/C=C/c2c(Cl)cccc2Cl)no1. The highest BCUT2D eigenvalue weighted by molar-refractivity contribution is 6.37. The fraction of sp³-hybridized carbons (Fsp3) is 0.188. The van der Waals surface area contributed by atoms with Gasteiger partial charge in [0.25, 0.3) is 0 Å². The van der Waals surface area contributed by atoms with Gasteiger partial charge in [-0.15, -0.1) is 0 Å². The minimum Gasteiger partial charge on any atom is -0.360 e. The minimum absolute atomic E-state index is 0.134. The van der Waals surface area contributed by atoms with Crippen molar-refractivity contribution in [1.29, 1.82) is 0 Å². The van der Waals surface area contributed by atoms with Crippen molar-refractivity contribution in [3.8, 4) is 0 Å². The zero-order valence-electron chi connectivity index (χ0n) is 13.0. The number of nitrogens with zero attached hydrogens (tertiary/aromatic N) is 2. The molecule has 0 bridgehead atoms. The molecule has 24 heavy (non-hydrogen) atoms. The van der Waals surface area contributed by atoms with Gasteiger partial charge >= 0.3 is 0 Å². The summed E-state index contributed by atoms with van der Waals surface area (Å²) in [6.07, 6.45) is 2.82. The molecule has 0 unspecified atom stereocenters. The molecule has 0 radical (unpaired) electrons. The summed E-state index contributed by atoms with van der Waals surface area (Å²) in [5.74, 6) is 0.131. The summed E-state index contributed by atoms with van der Waals surface area (Å²) in [5.41, 5.74) is 0.546. The van der Waals surface area contributed by atoms with E-state index in [9.17, 15) is 9.59 Å². The van der Waals surface area contributed by atoms with Crippen LogP contribution in [0.5, 0.6) is 0 Å². The average molecular weight is 368 g/mol. The Morgan fingerprint density at radius 1 is 1.33 bits per heavy atom. The number of nitrogens with one attached hydrogen (secondary N) is 1. The van der Waals surface area contributed by atoms with Crippen LogP contribution in [-0.2, 0) is 9.59 Å². The molecule has 1 aromatic carbocycles. The zero-order valence-corrected chi connectivity index (χ0v) is 14.6. The molecular formula is C16H15Cl2N3O3. The van der Waals surface area contributed by atoms with Gasteiger partial charge < -0.3 is 14.7 Å². The highest BCUT2D eigenvalue weighted by Gasteiger charge is 2.12. The Bertz CT molecular complexity index is 766. The quantitative estimate of drug-likeness (QED) is 0.821. The first-order valence-corrected chi connectivity index (χ1v) is 7.73. The van der Waals surface area contributed by atoms with Gasteiger partial charge in [0.05, 0.1) is 6.54 Å². The van der Waals surface area contributed by atoms with Gasteiger partial charge in [0.2, 0.25) is 11.8 Å². The van der Waals surface area contributed by atoms with E-state index >= 15 is 0 Å². The second kappa shape index (κ2) is 7.99. The molecule has 0 atom stereocenters. The molecule has 0 aliphatic carbocycles. The maximum absolute atomic E-state index is 12.1. The number of benzene rings is 1. The summed E-state index contributed by atoms with van der Waals surface area (Å²) >= 11 is 12.1. The van der Waals surface area contributed by atoms with Crippen molar-refractivity contribution in [2.45, 2.75) is 6.92 Å². The van der Waals surface area contributed by atoms with E-state index in [1.807, 2.05) is 0 Å². The van der Waals surface area contributed by atoms with Crippen molar-refractivity contribution < 1.29 is 14.1 Å². The molecule has 2 amide bonds. The van der Waals surface area contributed by atoms with Crippen LogP contribution < -0.4 is 5.32 Å². The van der Waals surface area contributed by atoms with Gasteiger partial charge in [-0.05, 0) is 25.1 Å². The summed E-state index contributed by atoms with van der Waals surface area (Å²) in [5, 5.41) is 7.06. The van der Waals surface area contributed by atoms with Crippen molar-refractivity contribution in [1.82, 2.24) is 10.1 Å². The Morgan fingerprint density at radius 2 is 2.00 bits per heavy atom. The summed E-state index contributed by atoms with van der Waals surface area (Å²) < 4.78 is 4.85. The van der Waals surface area contributed by atoms with Crippen LogP contribution in [0, 0.1) is 6.92 Å². The van der Waals surface area contributed by atoms with Crippen LogP contribution >= 0.6 is 23.2 Å². The number of rotatable bonds is 5. The standard InChI is InChI=1S/C16H15Cl2N3O3/c1-10-8-14(20-24-10)19-15(22)9-21(2)16(23)7-6-11-12(17)4-3-5-13(11)18/h3-8H,9H2,1-2H3,(H,19,20,22)/b7-6+. The lowest BCUT2D eigenvalue weighted by Crippen LogP contribution is -2.33. The maximum atomic E-state index is 12.1. The molecule has 6 nitrogen and oxygen atoms in total. The molecule has 2 rings (SSSR count). The highest BCUT2D eigenvalue weighted by atomic mass is 35.5. The van der Waals surface area contributed by atoms with Gasteiger partial charge in [0, 0.05) is 34.8 Å². The van der Waals surface area contributed by atoms with Crippen molar-refractivity contribution in [2.24, 2.45) is 0 Å². The van der Waals surface area contributed by atoms with Crippen molar-refractivity contribution in [3.05, 3.63) is 51.7 Å². The van der Waals surface area contributed by atoms with Crippen LogP contribution in [0.2, 0.25) is 10.0 Å². The molecule has 0 aliphatic rings. The molecule has 2 aromatic rings.